The van der Waals surface area contributed by atoms with Gasteiger partial charge in [-0.3, -0.25) is 0 Å². The summed E-state index contributed by atoms with van der Waals surface area (Å²) >= 11 is 0. The van der Waals surface area contributed by atoms with Crippen molar-refractivity contribution in [2.75, 3.05) is 13.7 Å². The predicted molar refractivity (Wildman–Crippen MR) is 66.7 cm³/mol. The normalized spacial score (nSPS) is 18.6. The maximum absolute atomic E-state index is 5.94. The summed E-state index contributed by atoms with van der Waals surface area (Å²) in [5.41, 5.74) is 7.28. The lowest BCUT2D eigenvalue weighted by atomic mass is 9.85. The number of rotatable bonds is 4. The molecular formula is C14H21NO. The smallest absolute Gasteiger partial charge is 0.119 e. The molecular weight excluding hydrogens is 198 g/mol. The monoisotopic (exact) mass is 219 g/mol. The number of nitrogens with two attached hydrogens (primary N) is 1. The summed E-state index contributed by atoms with van der Waals surface area (Å²) in [6, 6.07) is 8.37. The number of methoxy groups -OCH3 is 1. The van der Waals surface area contributed by atoms with Gasteiger partial charge in [0, 0.05) is 0 Å². The van der Waals surface area contributed by atoms with Crippen LogP contribution in [0.25, 0.3) is 0 Å². The van der Waals surface area contributed by atoms with E-state index in [-0.39, 0.29) is 0 Å². The molecule has 0 aromatic heterocycles. The summed E-state index contributed by atoms with van der Waals surface area (Å²) in [4.78, 5) is 0. The van der Waals surface area contributed by atoms with Crippen molar-refractivity contribution >= 4 is 0 Å². The van der Waals surface area contributed by atoms with Crippen molar-refractivity contribution < 1.29 is 4.74 Å². The molecule has 2 N–H and O–H groups in total. The van der Waals surface area contributed by atoms with Gasteiger partial charge >= 0.3 is 0 Å². The van der Waals surface area contributed by atoms with Gasteiger partial charge in [0.2, 0.25) is 0 Å². The van der Waals surface area contributed by atoms with Crippen LogP contribution >= 0.6 is 0 Å². The zero-order valence-corrected chi connectivity index (χ0v) is 9.99. The molecule has 0 saturated heterocycles. The molecule has 1 aromatic carbocycles. The fourth-order valence-corrected chi connectivity index (χ4v) is 2.83. The zero-order chi connectivity index (χ0) is 11.4. The Morgan fingerprint density at radius 2 is 2.12 bits per heavy atom. The topological polar surface area (TPSA) is 35.2 Å². The molecule has 2 heteroatoms. The molecule has 0 aliphatic heterocycles. The first-order valence-electron chi connectivity index (χ1n) is 6.19. The van der Waals surface area contributed by atoms with Crippen LogP contribution < -0.4 is 10.5 Å². The van der Waals surface area contributed by atoms with Gasteiger partial charge in [-0.25, -0.2) is 0 Å². The van der Waals surface area contributed by atoms with E-state index in [2.05, 4.69) is 18.2 Å². The number of ether oxygens (including phenoxy) is 1. The summed E-state index contributed by atoms with van der Waals surface area (Å²) in [7, 11) is 1.71. The van der Waals surface area contributed by atoms with E-state index < -0.39 is 0 Å². The van der Waals surface area contributed by atoms with Crippen LogP contribution in [0.3, 0.4) is 0 Å². The van der Waals surface area contributed by atoms with Gasteiger partial charge in [-0.15, -0.1) is 0 Å². The van der Waals surface area contributed by atoms with E-state index in [0.29, 0.717) is 5.92 Å². The molecule has 1 unspecified atom stereocenters. The summed E-state index contributed by atoms with van der Waals surface area (Å²) in [5, 5.41) is 0. The lowest BCUT2D eigenvalue weighted by molar-refractivity contribution is 0.409. The van der Waals surface area contributed by atoms with E-state index in [9.17, 15) is 0 Å². The van der Waals surface area contributed by atoms with Crippen molar-refractivity contribution in [1.82, 2.24) is 0 Å². The second kappa shape index (κ2) is 5.35. The van der Waals surface area contributed by atoms with Crippen molar-refractivity contribution in [3.63, 3.8) is 0 Å². The maximum Gasteiger partial charge on any atom is 0.119 e. The van der Waals surface area contributed by atoms with Gasteiger partial charge in [0.15, 0.2) is 0 Å². The van der Waals surface area contributed by atoms with Gasteiger partial charge in [-0.1, -0.05) is 25.0 Å². The summed E-state index contributed by atoms with van der Waals surface area (Å²) in [5.74, 6) is 2.23. The Labute approximate surface area is 97.8 Å². The highest BCUT2D eigenvalue weighted by Crippen LogP contribution is 2.37. The van der Waals surface area contributed by atoms with Crippen LogP contribution in [-0.2, 0) is 0 Å². The molecule has 0 spiro atoms. The molecule has 1 aliphatic carbocycles. The lowest BCUT2D eigenvalue weighted by Gasteiger charge is -2.22. The van der Waals surface area contributed by atoms with Crippen LogP contribution in [0.15, 0.2) is 24.3 Å². The summed E-state index contributed by atoms with van der Waals surface area (Å²) in [6.07, 6.45) is 5.40. The number of hydrogen-bond donors (Lipinski definition) is 1. The highest BCUT2D eigenvalue weighted by Gasteiger charge is 2.25. The minimum absolute atomic E-state index is 0.512. The van der Waals surface area contributed by atoms with Crippen LogP contribution in [0, 0.1) is 5.92 Å². The molecule has 88 valence electrons. The fraction of sp³-hybridized carbons (Fsp3) is 0.571. The van der Waals surface area contributed by atoms with E-state index in [0.717, 1.165) is 18.2 Å². The Morgan fingerprint density at radius 1 is 1.38 bits per heavy atom. The van der Waals surface area contributed by atoms with Gasteiger partial charge in [0.25, 0.3) is 0 Å². The first kappa shape index (κ1) is 11.5. The lowest BCUT2D eigenvalue weighted by Crippen LogP contribution is -2.19. The van der Waals surface area contributed by atoms with E-state index in [1.807, 2.05) is 6.07 Å². The predicted octanol–water partition coefficient (Wildman–Crippen LogP) is 2.93. The third kappa shape index (κ3) is 2.38. The zero-order valence-electron chi connectivity index (χ0n) is 9.99. The van der Waals surface area contributed by atoms with Gasteiger partial charge < -0.3 is 10.5 Å². The standard InChI is InChI=1S/C14H21NO/c1-16-13-8-4-7-12(9-13)14(10-15)11-5-2-3-6-11/h4,7-9,11,14H,2-3,5-6,10,15H2,1H3. The number of benzene rings is 1. The minimum atomic E-state index is 0.512. The largest absolute Gasteiger partial charge is 0.497 e. The van der Waals surface area contributed by atoms with Gasteiger partial charge in [0.05, 0.1) is 7.11 Å². The van der Waals surface area contributed by atoms with Crippen LogP contribution in [0.1, 0.15) is 37.2 Å². The van der Waals surface area contributed by atoms with Crippen LogP contribution in [-0.4, -0.2) is 13.7 Å². The average Bonchev–Trinajstić information content (AvgIpc) is 2.84. The summed E-state index contributed by atoms with van der Waals surface area (Å²) < 4.78 is 5.27. The van der Waals surface area contributed by atoms with E-state index in [1.165, 1.54) is 31.2 Å². The Bertz CT molecular complexity index is 331. The van der Waals surface area contributed by atoms with E-state index in [4.69, 9.17) is 10.5 Å². The molecule has 1 aromatic rings. The van der Waals surface area contributed by atoms with Crippen molar-refractivity contribution in [3.05, 3.63) is 29.8 Å². The first-order valence-corrected chi connectivity index (χ1v) is 6.19. The highest BCUT2D eigenvalue weighted by molar-refractivity contribution is 5.31. The molecule has 0 radical (unpaired) electrons. The molecule has 1 aliphatic rings. The quantitative estimate of drug-likeness (QED) is 0.845. The molecule has 1 atom stereocenters. The van der Waals surface area contributed by atoms with Crippen molar-refractivity contribution in [3.8, 4) is 5.75 Å². The molecule has 16 heavy (non-hydrogen) atoms. The highest BCUT2D eigenvalue weighted by atomic mass is 16.5. The van der Waals surface area contributed by atoms with E-state index in [1.54, 1.807) is 7.11 Å². The Balaban J connectivity index is 2.18. The summed E-state index contributed by atoms with van der Waals surface area (Å²) in [6.45, 7) is 0.748. The van der Waals surface area contributed by atoms with Gasteiger partial charge in [0.1, 0.15) is 5.75 Å². The molecule has 1 fully saturated rings. The minimum Gasteiger partial charge on any atom is -0.497 e. The second-order valence-electron chi connectivity index (χ2n) is 4.66. The SMILES string of the molecule is COc1cccc(C(CN)C2CCCC2)c1. The van der Waals surface area contributed by atoms with Crippen LogP contribution in [0.2, 0.25) is 0 Å². The van der Waals surface area contributed by atoms with Crippen molar-refractivity contribution in [2.45, 2.75) is 31.6 Å². The van der Waals surface area contributed by atoms with Gasteiger partial charge in [-0.2, -0.15) is 0 Å². The molecule has 0 heterocycles. The van der Waals surface area contributed by atoms with Gasteiger partial charge in [-0.05, 0) is 48.9 Å². The Hall–Kier alpha value is -1.02. The number of hydrogen-bond acceptors (Lipinski definition) is 2. The average molecular weight is 219 g/mol. The Kier molecular flexibility index (Phi) is 3.83. The van der Waals surface area contributed by atoms with Crippen molar-refractivity contribution in [1.29, 1.82) is 0 Å². The van der Waals surface area contributed by atoms with E-state index >= 15 is 0 Å². The third-order valence-electron chi connectivity index (χ3n) is 3.74. The molecule has 0 bridgehead atoms. The first-order chi connectivity index (χ1) is 7.85. The molecule has 2 rings (SSSR count). The Morgan fingerprint density at radius 3 is 2.75 bits per heavy atom. The van der Waals surface area contributed by atoms with Crippen LogP contribution in [0.5, 0.6) is 5.75 Å². The maximum atomic E-state index is 5.94. The molecule has 1 saturated carbocycles. The molecule has 2 nitrogen and oxygen atoms in total. The third-order valence-corrected chi connectivity index (χ3v) is 3.74. The molecule has 0 amide bonds. The fourth-order valence-electron chi connectivity index (χ4n) is 2.83. The second-order valence-corrected chi connectivity index (χ2v) is 4.66. The van der Waals surface area contributed by atoms with Crippen molar-refractivity contribution in [2.24, 2.45) is 11.7 Å². The van der Waals surface area contributed by atoms with Crippen LogP contribution in [0.4, 0.5) is 0 Å².